The van der Waals surface area contributed by atoms with Crippen LogP contribution in [0.5, 0.6) is 0 Å². The van der Waals surface area contributed by atoms with E-state index in [4.69, 9.17) is 9.47 Å². The van der Waals surface area contributed by atoms with Crippen LogP contribution in [0.3, 0.4) is 0 Å². The van der Waals surface area contributed by atoms with E-state index in [2.05, 4.69) is 9.47 Å². The first-order chi connectivity index (χ1) is 7.63. The molecule has 94 valence electrons. The van der Waals surface area contributed by atoms with Crippen molar-refractivity contribution in [3.63, 3.8) is 0 Å². The van der Waals surface area contributed by atoms with Crippen LogP contribution in [0.1, 0.15) is 26.7 Å². The molecule has 0 aromatic rings. The number of hydrogen-bond acceptors (Lipinski definition) is 6. The van der Waals surface area contributed by atoms with Crippen LogP contribution < -0.4 is 0 Å². The van der Waals surface area contributed by atoms with Gasteiger partial charge in [-0.1, -0.05) is 13.8 Å². The quantitative estimate of drug-likeness (QED) is 0.655. The van der Waals surface area contributed by atoms with Crippen LogP contribution in [0.15, 0.2) is 0 Å². The average molecular weight is 234 g/mol. The number of methoxy groups -OCH3 is 1. The molecule has 0 aliphatic heterocycles. The molecule has 0 aromatic carbocycles. The fraction of sp³-hybridized carbons (Fsp3) is 0.800. The van der Waals surface area contributed by atoms with Crippen LogP contribution in [-0.2, 0) is 18.9 Å². The molecule has 0 fully saturated rings. The molecule has 0 saturated carbocycles. The molecular formula is C10H18O6. The van der Waals surface area contributed by atoms with Crippen molar-refractivity contribution in [3.05, 3.63) is 0 Å². The van der Waals surface area contributed by atoms with Crippen molar-refractivity contribution in [2.24, 2.45) is 0 Å². The first-order valence-corrected chi connectivity index (χ1v) is 5.18. The van der Waals surface area contributed by atoms with E-state index in [1.807, 2.05) is 6.92 Å². The Morgan fingerprint density at radius 1 is 1.12 bits per heavy atom. The minimum atomic E-state index is -0.794. The van der Waals surface area contributed by atoms with Crippen molar-refractivity contribution in [1.29, 1.82) is 0 Å². The van der Waals surface area contributed by atoms with E-state index in [-0.39, 0.29) is 6.61 Å². The van der Waals surface area contributed by atoms with Crippen LogP contribution in [0.25, 0.3) is 0 Å². The Hall–Kier alpha value is -1.46. The highest BCUT2D eigenvalue weighted by atomic mass is 16.7. The van der Waals surface area contributed by atoms with Gasteiger partial charge in [-0.05, 0) is 12.8 Å². The summed E-state index contributed by atoms with van der Waals surface area (Å²) in [6.07, 6.45) is -0.811. The van der Waals surface area contributed by atoms with Gasteiger partial charge in [-0.15, -0.1) is 0 Å². The van der Waals surface area contributed by atoms with Crippen molar-refractivity contribution in [1.82, 2.24) is 0 Å². The summed E-state index contributed by atoms with van der Waals surface area (Å²) in [4.78, 5) is 21.7. The maximum Gasteiger partial charge on any atom is 0.508 e. The van der Waals surface area contributed by atoms with E-state index in [1.54, 1.807) is 6.92 Å². The zero-order valence-electron chi connectivity index (χ0n) is 9.86. The summed E-state index contributed by atoms with van der Waals surface area (Å²) in [5, 5.41) is 0. The number of carbonyl (C=O) groups excluding carboxylic acids is 2. The SMILES string of the molecule is CCCOC(=O)OCC(CC)OC(=O)OC. The largest absolute Gasteiger partial charge is 0.508 e. The number of hydrogen-bond donors (Lipinski definition) is 0. The molecule has 0 spiro atoms. The maximum atomic E-state index is 11.0. The monoisotopic (exact) mass is 234 g/mol. The third-order valence-electron chi connectivity index (χ3n) is 1.70. The molecule has 1 unspecified atom stereocenters. The molecular weight excluding hydrogens is 216 g/mol. The van der Waals surface area contributed by atoms with Gasteiger partial charge < -0.3 is 18.9 Å². The van der Waals surface area contributed by atoms with E-state index in [1.165, 1.54) is 7.11 Å². The Morgan fingerprint density at radius 3 is 2.31 bits per heavy atom. The third kappa shape index (κ3) is 6.92. The Balaban J connectivity index is 3.77. The second-order valence-electron chi connectivity index (χ2n) is 3.01. The lowest BCUT2D eigenvalue weighted by atomic mass is 10.3. The third-order valence-corrected chi connectivity index (χ3v) is 1.70. The van der Waals surface area contributed by atoms with Crippen molar-refractivity contribution in [3.8, 4) is 0 Å². The number of rotatable bonds is 6. The highest BCUT2D eigenvalue weighted by molar-refractivity contribution is 5.60. The number of ether oxygens (including phenoxy) is 4. The lowest BCUT2D eigenvalue weighted by Gasteiger charge is -2.14. The summed E-state index contributed by atoms with van der Waals surface area (Å²) in [5.74, 6) is 0. The smallest absolute Gasteiger partial charge is 0.438 e. The molecule has 1 atom stereocenters. The predicted molar refractivity (Wildman–Crippen MR) is 55.2 cm³/mol. The van der Waals surface area contributed by atoms with Gasteiger partial charge in [-0.25, -0.2) is 9.59 Å². The second kappa shape index (κ2) is 8.82. The van der Waals surface area contributed by atoms with E-state index in [0.29, 0.717) is 13.0 Å². The summed E-state index contributed by atoms with van der Waals surface area (Å²) in [6.45, 7) is 3.96. The molecule has 16 heavy (non-hydrogen) atoms. The van der Waals surface area contributed by atoms with Gasteiger partial charge in [0.1, 0.15) is 12.7 Å². The van der Waals surface area contributed by atoms with Crippen molar-refractivity contribution < 1.29 is 28.5 Å². The lowest BCUT2D eigenvalue weighted by molar-refractivity contribution is -0.0117. The van der Waals surface area contributed by atoms with Gasteiger partial charge in [-0.3, -0.25) is 0 Å². The molecule has 0 saturated heterocycles. The fourth-order valence-corrected chi connectivity index (χ4v) is 0.807. The van der Waals surface area contributed by atoms with Crippen molar-refractivity contribution in [2.45, 2.75) is 32.8 Å². The van der Waals surface area contributed by atoms with Crippen LogP contribution in [0.4, 0.5) is 9.59 Å². The topological polar surface area (TPSA) is 71.1 Å². The van der Waals surface area contributed by atoms with Gasteiger partial charge in [0.2, 0.25) is 0 Å². The summed E-state index contributed by atoms with van der Waals surface area (Å²) < 4.78 is 18.6. The van der Waals surface area contributed by atoms with E-state index in [9.17, 15) is 9.59 Å². The highest BCUT2D eigenvalue weighted by Gasteiger charge is 2.15. The van der Waals surface area contributed by atoms with Crippen LogP contribution in [0.2, 0.25) is 0 Å². The molecule has 0 radical (unpaired) electrons. The zero-order valence-corrected chi connectivity index (χ0v) is 9.86. The Labute approximate surface area is 94.8 Å². The summed E-state index contributed by atoms with van der Waals surface area (Å²) >= 11 is 0. The molecule has 0 amide bonds. The molecule has 6 nitrogen and oxygen atoms in total. The van der Waals surface area contributed by atoms with Crippen molar-refractivity contribution >= 4 is 12.3 Å². The average Bonchev–Trinajstić information content (AvgIpc) is 2.31. The standard InChI is InChI=1S/C10H18O6/c1-4-6-14-10(12)15-7-8(5-2)16-9(11)13-3/h8H,4-7H2,1-3H3. The predicted octanol–water partition coefficient (Wildman–Crippen LogP) is 2.11. The van der Waals surface area contributed by atoms with Gasteiger partial charge >= 0.3 is 12.3 Å². The molecule has 0 N–H and O–H groups in total. The molecule has 0 bridgehead atoms. The lowest BCUT2D eigenvalue weighted by Crippen LogP contribution is -2.25. The Morgan fingerprint density at radius 2 is 1.81 bits per heavy atom. The van der Waals surface area contributed by atoms with Crippen LogP contribution in [-0.4, -0.2) is 38.7 Å². The molecule has 0 aromatic heterocycles. The van der Waals surface area contributed by atoms with E-state index in [0.717, 1.165) is 6.42 Å². The Bertz CT molecular complexity index is 215. The first kappa shape index (κ1) is 14.5. The molecule has 0 aliphatic carbocycles. The second-order valence-corrected chi connectivity index (χ2v) is 3.01. The van der Waals surface area contributed by atoms with E-state index >= 15 is 0 Å². The van der Waals surface area contributed by atoms with Gasteiger partial charge in [-0.2, -0.15) is 0 Å². The summed E-state index contributed by atoms with van der Waals surface area (Å²) in [6, 6.07) is 0. The van der Waals surface area contributed by atoms with Crippen molar-refractivity contribution in [2.75, 3.05) is 20.3 Å². The normalized spacial score (nSPS) is 11.4. The van der Waals surface area contributed by atoms with Gasteiger partial charge in [0.15, 0.2) is 0 Å². The highest BCUT2D eigenvalue weighted by Crippen LogP contribution is 2.02. The molecule has 6 heteroatoms. The number of carbonyl (C=O) groups is 2. The van der Waals surface area contributed by atoms with E-state index < -0.39 is 18.4 Å². The Kier molecular flexibility index (Phi) is 8.01. The van der Waals surface area contributed by atoms with Crippen LogP contribution >= 0.6 is 0 Å². The minimum absolute atomic E-state index is 0.0336. The minimum Gasteiger partial charge on any atom is -0.438 e. The first-order valence-electron chi connectivity index (χ1n) is 5.18. The summed E-state index contributed by atoms with van der Waals surface area (Å²) in [7, 11) is 1.21. The van der Waals surface area contributed by atoms with Crippen LogP contribution in [0, 0.1) is 0 Å². The molecule has 0 rings (SSSR count). The summed E-state index contributed by atoms with van der Waals surface area (Å²) in [5.41, 5.74) is 0. The maximum absolute atomic E-state index is 11.0. The fourth-order valence-electron chi connectivity index (χ4n) is 0.807. The molecule has 0 heterocycles. The van der Waals surface area contributed by atoms with Gasteiger partial charge in [0.25, 0.3) is 0 Å². The van der Waals surface area contributed by atoms with Gasteiger partial charge in [0.05, 0.1) is 13.7 Å². The molecule has 0 aliphatic rings. The van der Waals surface area contributed by atoms with Gasteiger partial charge in [0, 0.05) is 0 Å². The zero-order chi connectivity index (χ0) is 12.4.